The van der Waals surface area contributed by atoms with E-state index in [1.807, 2.05) is 0 Å². The van der Waals surface area contributed by atoms with E-state index in [2.05, 4.69) is 24.1 Å². The average Bonchev–Trinajstić information content (AvgIpc) is 3.58. The van der Waals surface area contributed by atoms with Crippen molar-refractivity contribution in [2.24, 2.45) is 11.8 Å². The van der Waals surface area contributed by atoms with E-state index in [4.69, 9.17) is 9.47 Å². The number of carbonyl (C=O) groups excluding carboxylic acids is 2. The maximum atomic E-state index is 13.2. The number of nitrogens with zero attached hydrogens (tertiary/aromatic N) is 2. The molecule has 0 aromatic heterocycles. The van der Waals surface area contributed by atoms with Crippen molar-refractivity contribution in [3.05, 3.63) is 23.8 Å². The standard InChI is InChI=1S/C24H37N3O4/c1-6-23(28)25-19-9-10-20-21(11-19)31-15-17(3)27(13-18-7-8-18)12-16(2)22(30-5)14-26(4)24(20)29/h9-11,16-18,22H,6-8,12-15H2,1-5H3,(H,25,28)/t16-,17+,22+/m0/s1. The van der Waals surface area contributed by atoms with Gasteiger partial charge in [0.05, 0.1) is 11.7 Å². The maximum absolute atomic E-state index is 13.2. The van der Waals surface area contributed by atoms with Gasteiger partial charge in [-0.05, 0) is 43.7 Å². The monoisotopic (exact) mass is 431 g/mol. The summed E-state index contributed by atoms with van der Waals surface area (Å²) in [6.45, 7) is 9.14. The lowest BCUT2D eigenvalue weighted by atomic mass is 10.0. The third kappa shape index (κ3) is 6.20. The number of ether oxygens (including phenoxy) is 2. The molecule has 0 unspecified atom stereocenters. The average molecular weight is 432 g/mol. The number of methoxy groups -OCH3 is 1. The molecule has 1 aliphatic heterocycles. The summed E-state index contributed by atoms with van der Waals surface area (Å²) in [7, 11) is 3.52. The third-order valence-electron chi connectivity index (χ3n) is 6.37. The Morgan fingerprint density at radius 2 is 2.00 bits per heavy atom. The predicted octanol–water partition coefficient (Wildman–Crippen LogP) is 3.25. The number of benzene rings is 1. The van der Waals surface area contributed by atoms with Crippen LogP contribution in [0, 0.1) is 11.8 Å². The molecule has 1 saturated carbocycles. The van der Waals surface area contributed by atoms with Gasteiger partial charge in [0.25, 0.3) is 5.91 Å². The van der Waals surface area contributed by atoms with Gasteiger partial charge in [-0.3, -0.25) is 14.5 Å². The zero-order valence-corrected chi connectivity index (χ0v) is 19.5. The lowest BCUT2D eigenvalue weighted by molar-refractivity contribution is -0.115. The topological polar surface area (TPSA) is 71.1 Å². The normalized spacial score (nSPS) is 25.8. The van der Waals surface area contributed by atoms with Crippen LogP contribution >= 0.6 is 0 Å². The number of likely N-dealkylation sites (N-methyl/N-ethyl adjacent to an activating group) is 1. The fourth-order valence-corrected chi connectivity index (χ4v) is 4.06. The Balaban J connectivity index is 1.90. The Bertz CT molecular complexity index is 780. The van der Waals surface area contributed by atoms with Crippen LogP contribution in [0.25, 0.3) is 0 Å². The molecule has 1 fully saturated rings. The smallest absolute Gasteiger partial charge is 0.257 e. The van der Waals surface area contributed by atoms with Crippen molar-refractivity contribution in [2.45, 2.75) is 52.2 Å². The molecule has 1 N–H and O–H groups in total. The van der Waals surface area contributed by atoms with Gasteiger partial charge in [-0.25, -0.2) is 0 Å². The molecule has 2 amide bonds. The van der Waals surface area contributed by atoms with Crippen molar-refractivity contribution in [3.8, 4) is 5.75 Å². The van der Waals surface area contributed by atoms with Crippen LogP contribution in [0.5, 0.6) is 5.75 Å². The predicted molar refractivity (Wildman–Crippen MR) is 122 cm³/mol. The second kappa shape index (κ2) is 10.5. The first-order chi connectivity index (χ1) is 14.8. The highest BCUT2D eigenvalue weighted by molar-refractivity contribution is 5.98. The molecule has 3 atom stereocenters. The summed E-state index contributed by atoms with van der Waals surface area (Å²) in [6.07, 6.45) is 2.94. The summed E-state index contributed by atoms with van der Waals surface area (Å²) < 4.78 is 12.0. The summed E-state index contributed by atoms with van der Waals surface area (Å²) in [5, 5.41) is 2.86. The molecule has 1 heterocycles. The summed E-state index contributed by atoms with van der Waals surface area (Å²) >= 11 is 0. The van der Waals surface area contributed by atoms with E-state index in [0.717, 1.165) is 19.0 Å². The van der Waals surface area contributed by atoms with E-state index in [9.17, 15) is 9.59 Å². The maximum Gasteiger partial charge on any atom is 0.257 e. The largest absolute Gasteiger partial charge is 0.491 e. The second-order valence-corrected chi connectivity index (χ2v) is 9.11. The molecular formula is C24H37N3O4. The van der Waals surface area contributed by atoms with Crippen LogP contribution in [0.4, 0.5) is 5.69 Å². The van der Waals surface area contributed by atoms with Gasteiger partial charge in [-0.15, -0.1) is 0 Å². The van der Waals surface area contributed by atoms with Crippen LogP contribution in [-0.2, 0) is 9.53 Å². The molecule has 3 rings (SSSR count). The van der Waals surface area contributed by atoms with Gasteiger partial charge in [-0.2, -0.15) is 0 Å². The van der Waals surface area contributed by atoms with Gasteiger partial charge >= 0.3 is 0 Å². The molecule has 0 saturated heterocycles. The molecule has 7 nitrogen and oxygen atoms in total. The molecule has 1 aromatic carbocycles. The van der Waals surface area contributed by atoms with E-state index in [0.29, 0.717) is 36.6 Å². The number of rotatable bonds is 5. The number of carbonyl (C=O) groups is 2. The minimum absolute atomic E-state index is 0.0465. The van der Waals surface area contributed by atoms with Crippen molar-refractivity contribution < 1.29 is 19.1 Å². The van der Waals surface area contributed by atoms with Crippen LogP contribution < -0.4 is 10.1 Å². The quantitative estimate of drug-likeness (QED) is 0.775. The van der Waals surface area contributed by atoms with Gasteiger partial charge in [0.1, 0.15) is 12.4 Å². The van der Waals surface area contributed by atoms with Crippen LogP contribution in [0.1, 0.15) is 50.4 Å². The summed E-state index contributed by atoms with van der Waals surface area (Å²) in [4.78, 5) is 29.2. The van der Waals surface area contributed by atoms with Crippen molar-refractivity contribution >= 4 is 17.5 Å². The fraction of sp³-hybridized carbons (Fsp3) is 0.667. The van der Waals surface area contributed by atoms with Gasteiger partial charge in [-0.1, -0.05) is 13.8 Å². The number of hydrogen-bond acceptors (Lipinski definition) is 5. The molecule has 0 bridgehead atoms. The molecule has 1 aromatic rings. The molecular weight excluding hydrogens is 394 g/mol. The molecule has 1 aliphatic carbocycles. The molecule has 7 heteroatoms. The Morgan fingerprint density at radius 3 is 2.65 bits per heavy atom. The highest BCUT2D eigenvalue weighted by Gasteiger charge is 2.31. The van der Waals surface area contributed by atoms with Crippen molar-refractivity contribution in [2.75, 3.05) is 45.7 Å². The van der Waals surface area contributed by atoms with Gasteiger partial charge in [0.15, 0.2) is 0 Å². The number of hydrogen-bond donors (Lipinski definition) is 1. The fourth-order valence-electron chi connectivity index (χ4n) is 4.06. The van der Waals surface area contributed by atoms with Gasteiger partial charge < -0.3 is 19.7 Å². The first-order valence-electron chi connectivity index (χ1n) is 11.4. The SMILES string of the molecule is CCC(=O)Nc1ccc2c(c1)OC[C@@H](C)N(CC1CC1)C[C@H](C)[C@H](OC)CN(C)C2=O. The Kier molecular flexibility index (Phi) is 7.94. The number of anilines is 1. The number of fused-ring (bicyclic) bond motifs is 1. The van der Waals surface area contributed by atoms with Crippen LogP contribution in [0.3, 0.4) is 0 Å². The van der Waals surface area contributed by atoms with E-state index < -0.39 is 0 Å². The first kappa shape index (κ1) is 23.5. The van der Waals surface area contributed by atoms with E-state index in [1.165, 1.54) is 12.8 Å². The summed E-state index contributed by atoms with van der Waals surface area (Å²) in [5.41, 5.74) is 1.14. The zero-order valence-electron chi connectivity index (χ0n) is 19.5. The van der Waals surface area contributed by atoms with Crippen molar-refractivity contribution in [1.82, 2.24) is 9.80 Å². The lowest BCUT2D eigenvalue weighted by Gasteiger charge is -2.36. The summed E-state index contributed by atoms with van der Waals surface area (Å²) in [5.74, 6) is 1.38. The van der Waals surface area contributed by atoms with E-state index in [1.54, 1.807) is 44.2 Å². The van der Waals surface area contributed by atoms with Crippen LogP contribution in [-0.4, -0.2) is 74.2 Å². The molecule has 2 aliphatic rings. The first-order valence-corrected chi connectivity index (χ1v) is 11.4. The van der Waals surface area contributed by atoms with E-state index in [-0.39, 0.29) is 29.9 Å². The molecule has 172 valence electrons. The number of nitrogens with one attached hydrogen (secondary N) is 1. The van der Waals surface area contributed by atoms with Crippen LogP contribution in [0.2, 0.25) is 0 Å². The molecule has 0 spiro atoms. The highest BCUT2D eigenvalue weighted by atomic mass is 16.5. The van der Waals surface area contributed by atoms with Gasteiger partial charge in [0, 0.05) is 58.0 Å². The Hall–Kier alpha value is -2.12. The van der Waals surface area contributed by atoms with E-state index >= 15 is 0 Å². The third-order valence-corrected chi connectivity index (χ3v) is 6.37. The summed E-state index contributed by atoms with van der Waals surface area (Å²) in [6, 6.07) is 5.46. The number of amides is 2. The lowest BCUT2D eigenvalue weighted by Crippen LogP contribution is -2.47. The van der Waals surface area contributed by atoms with Crippen molar-refractivity contribution in [3.63, 3.8) is 0 Å². The molecule has 0 radical (unpaired) electrons. The Morgan fingerprint density at radius 1 is 1.26 bits per heavy atom. The minimum Gasteiger partial charge on any atom is -0.491 e. The highest BCUT2D eigenvalue weighted by Crippen LogP contribution is 2.32. The zero-order chi connectivity index (χ0) is 22.5. The van der Waals surface area contributed by atoms with Gasteiger partial charge in [0.2, 0.25) is 5.91 Å². The van der Waals surface area contributed by atoms with Crippen LogP contribution in [0.15, 0.2) is 18.2 Å². The Labute approximate surface area is 186 Å². The van der Waals surface area contributed by atoms with Crippen molar-refractivity contribution in [1.29, 1.82) is 0 Å². The second-order valence-electron chi connectivity index (χ2n) is 9.11. The molecule has 31 heavy (non-hydrogen) atoms. The minimum atomic E-state index is -0.110.